The van der Waals surface area contributed by atoms with E-state index in [-0.39, 0.29) is 24.0 Å². The van der Waals surface area contributed by atoms with Gasteiger partial charge in [-0.3, -0.25) is 4.79 Å². The van der Waals surface area contributed by atoms with Gasteiger partial charge < -0.3 is 20.3 Å². The van der Waals surface area contributed by atoms with Crippen LogP contribution in [0, 0.1) is 0 Å². The van der Waals surface area contributed by atoms with Crippen LogP contribution in [-0.2, 0) is 9.53 Å². The summed E-state index contributed by atoms with van der Waals surface area (Å²) in [5.74, 6) is -1.37. The van der Waals surface area contributed by atoms with Crippen LogP contribution in [0.2, 0.25) is 0 Å². The van der Waals surface area contributed by atoms with E-state index < -0.39 is 18.2 Å². The average Bonchev–Trinajstić information content (AvgIpc) is 2.80. The van der Waals surface area contributed by atoms with Crippen LogP contribution in [0.4, 0.5) is 5.69 Å². The summed E-state index contributed by atoms with van der Waals surface area (Å²) < 4.78 is 5.13. The smallest absolute Gasteiger partial charge is 0.335 e. The van der Waals surface area contributed by atoms with Crippen LogP contribution < -0.4 is 5.32 Å². The van der Waals surface area contributed by atoms with Gasteiger partial charge in [0.1, 0.15) is 6.10 Å². The predicted molar refractivity (Wildman–Crippen MR) is 76.1 cm³/mol. The molecule has 1 saturated heterocycles. The molecular weight excluding hydrogens is 274 g/mol. The maximum absolute atomic E-state index is 11.4. The third-order valence-corrected chi connectivity index (χ3v) is 3.26. The molecule has 0 saturated carbocycles. The number of ether oxygens (including phenoxy) is 1. The van der Waals surface area contributed by atoms with Gasteiger partial charge in [-0.25, -0.2) is 4.79 Å². The number of aliphatic hydroxyl groups is 1. The summed E-state index contributed by atoms with van der Waals surface area (Å²) in [6.07, 6.45) is 1.87. The van der Waals surface area contributed by atoms with Gasteiger partial charge in [-0.05, 0) is 31.2 Å². The summed E-state index contributed by atoms with van der Waals surface area (Å²) in [4.78, 5) is 22.2. The second-order valence-corrected chi connectivity index (χ2v) is 4.81. The number of carboxylic acid groups (broad SMARTS) is 1. The van der Waals surface area contributed by atoms with Crippen molar-refractivity contribution in [3.8, 4) is 0 Å². The first-order valence-corrected chi connectivity index (χ1v) is 6.61. The van der Waals surface area contributed by atoms with Crippen LogP contribution in [-0.4, -0.2) is 40.4 Å². The zero-order valence-corrected chi connectivity index (χ0v) is 11.5. The Morgan fingerprint density at radius 2 is 2.10 bits per heavy atom. The highest BCUT2D eigenvalue weighted by atomic mass is 16.6. The lowest BCUT2D eigenvalue weighted by molar-refractivity contribution is -0.144. The van der Waals surface area contributed by atoms with Crippen LogP contribution in [0.25, 0.3) is 0 Å². The van der Waals surface area contributed by atoms with E-state index in [1.807, 2.05) is 0 Å². The van der Waals surface area contributed by atoms with Crippen molar-refractivity contribution in [2.24, 2.45) is 0 Å². The number of carbonyl (C=O) groups is 2. The molecule has 3 unspecified atom stereocenters. The number of aliphatic hydroxyl groups excluding tert-OH is 1. The molecule has 0 amide bonds. The molecule has 3 atom stereocenters. The van der Waals surface area contributed by atoms with Gasteiger partial charge in [0.25, 0.3) is 0 Å². The number of allylic oxidation sites excluding steroid dienone is 1. The Morgan fingerprint density at radius 3 is 2.67 bits per heavy atom. The zero-order valence-electron chi connectivity index (χ0n) is 11.5. The quantitative estimate of drug-likeness (QED) is 0.561. The minimum absolute atomic E-state index is 0.153. The SMILES string of the molecule is CC=CC(O)C1OC(=O)CC1Nc1ccc(C(=O)O)cc1. The van der Waals surface area contributed by atoms with Crippen LogP contribution in [0.3, 0.4) is 0 Å². The lowest BCUT2D eigenvalue weighted by Crippen LogP contribution is -2.38. The maximum atomic E-state index is 11.4. The standard InChI is InChI=1S/C15H17NO5/c1-2-3-12(17)14-11(8-13(18)21-14)16-10-6-4-9(5-7-10)15(19)20/h2-7,11-12,14,16-17H,8H2,1H3,(H,19,20). The number of hydrogen-bond donors (Lipinski definition) is 3. The Balaban J connectivity index is 2.09. The number of hydrogen-bond acceptors (Lipinski definition) is 5. The van der Waals surface area contributed by atoms with Crippen LogP contribution in [0.5, 0.6) is 0 Å². The number of aromatic carboxylic acids is 1. The largest absolute Gasteiger partial charge is 0.478 e. The molecule has 3 N–H and O–H groups in total. The van der Waals surface area contributed by atoms with Crippen molar-refractivity contribution in [3.63, 3.8) is 0 Å². The third kappa shape index (κ3) is 3.61. The van der Waals surface area contributed by atoms with E-state index in [1.54, 1.807) is 31.2 Å². The van der Waals surface area contributed by atoms with Crippen molar-refractivity contribution in [1.82, 2.24) is 0 Å². The predicted octanol–water partition coefficient (Wildman–Crippen LogP) is 1.42. The number of rotatable bonds is 5. The fraction of sp³-hybridized carbons (Fsp3) is 0.333. The molecule has 0 spiro atoms. The molecule has 0 radical (unpaired) electrons. The minimum Gasteiger partial charge on any atom is -0.478 e. The second-order valence-electron chi connectivity index (χ2n) is 4.81. The third-order valence-electron chi connectivity index (χ3n) is 3.26. The number of cyclic esters (lactones) is 1. The molecule has 1 aromatic carbocycles. The molecule has 112 valence electrons. The highest BCUT2D eigenvalue weighted by Crippen LogP contribution is 2.23. The van der Waals surface area contributed by atoms with E-state index in [2.05, 4.69) is 5.32 Å². The van der Waals surface area contributed by atoms with Crippen molar-refractivity contribution in [3.05, 3.63) is 42.0 Å². The van der Waals surface area contributed by atoms with E-state index >= 15 is 0 Å². The van der Waals surface area contributed by atoms with Gasteiger partial charge in [0.05, 0.1) is 18.0 Å². The van der Waals surface area contributed by atoms with Crippen LogP contribution in [0.1, 0.15) is 23.7 Å². The first-order valence-electron chi connectivity index (χ1n) is 6.61. The second kappa shape index (κ2) is 6.41. The Bertz CT molecular complexity index is 552. The van der Waals surface area contributed by atoms with Crippen molar-refractivity contribution in [1.29, 1.82) is 0 Å². The Morgan fingerprint density at radius 1 is 1.43 bits per heavy atom. The molecule has 1 heterocycles. The first kappa shape index (κ1) is 15.1. The van der Waals surface area contributed by atoms with Crippen molar-refractivity contribution in [2.75, 3.05) is 5.32 Å². The molecule has 1 fully saturated rings. The molecule has 0 aliphatic carbocycles. The van der Waals surface area contributed by atoms with Crippen molar-refractivity contribution < 1.29 is 24.5 Å². The number of nitrogens with one attached hydrogen (secondary N) is 1. The molecule has 6 nitrogen and oxygen atoms in total. The molecule has 0 bridgehead atoms. The molecule has 1 aliphatic rings. The van der Waals surface area contributed by atoms with Gasteiger partial charge >= 0.3 is 11.9 Å². The fourth-order valence-electron chi connectivity index (χ4n) is 2.25. The number of anilines is 1. The van der Waals surface area contributed by atoms with E-state index in [1.165, 1.54) is 12.1 Å². The molecular formula is C15H17NO5. The van der Waals surface area contributed by atoms with Crippen LogP contribution >= 0.6 is 0 Å². The topological polar surface area (TPSA) is 95.9 Å². The molecule has 21 heavy (non-hydrogen) atoms. The molecule has 6 heteroatoms. The molecule has 1 aliphatic heterocycles. The zero-order chi connectivity index (χ0) is 15.4. The van der Waals surface area contributed by atoms with Crippen LogP contribution in [0.15, 0.2) is 36.4 Å². The lowest BCUT2D eigenvalue weighted by Gasteiger charge is -2.22. The number of carbonyl (C=O) groups excluding carboxylic acids is 1. The minimum atomic E-state index is -0.998. The normalized spacial score (nSPS) is 23.0. The maximum Gasteiger partial charge on any atom is 0.335 e. The summed E-state index contributed by atoms with van der Waals surface area (Å²) >= 11 is 0. The van der Waals surface area contributed by atoms with Crippen molar-refractivity contribution in [2.45, 2.75) is 31.6 Å². The van der Waals surface area contributed by atoms with Gasteiger partial charge in [0.15, 0.2) is 6.10 Å². The van der Waals surface area contributed by atoms with Gasteiger partial charge in [-0.2, -0.15) is 0 Å². The van der Waals surface area contributed by atoms with E-state index in [4.69, 9.17) is 9.84 Å². The Kier molecular flexibility index (Phi) is 4.59. The number of esters is 1. The molecule has 1 aromatic rings. The van der Waals surface area contributed by atoms with E-state index in [0.717, 1.165) is 0 Å². The van der Waals surface area contributed by atoms with Gasteiger partial charge in [-0.15, -0.1) is 0 Å². The summed E-state index contributed by atoms with van der Waals surface area (Å²) in [5.41, 5.74) is 0.853. The Hall–Kier alpha value is -2.34. The van der Waals surface area contributed by atoms with Gasteiger partial charge in [0.2, 0.25) is 0 Å². The van der Waals surface area contributed by atoms with Gasteiger partial charge in [0, 0.05) is 5.69 Å². The van der Waals surface area contributed by atoms with E-state index in [9.17, 15) is 14.7 Å². The lowest BCUT2D eigenvalue weighted by atomic mass is 10.0. The average molecular weight is 291 g/mol. The highest BCUT2D eigenvalue weighted by Gasteiger charge is 2.38. The highest BCUT2D eigenvalue weighted by molar-refractivity contribution is 5.88. The van der Waals surface area contributed by atoms with Gasteiger partial charge in [-0.1, -0.05) is 12.2 Å². The monoisotopic (exact) mass is 291 g/mol. The fourth-order valence-corrected chi connectivity index (χ4v) is 2.25. The summed E-state index contributed by atoms with van der Waals surface area (Å²) in [6.45, 7) is 1.77. The number of carboxylic acids is 1. The first-order chi connectivity index (χ1) is 10.0. The number of benzene rings is 1. The molecule has 0 aromatic heterocycles. The Labute approximate surface area is 122 Å². The molecule has 2 rings (SSSR count). The summed E-state index contributed by atoms with van der Waals surface area (Å²) in [5, 5.41) is 21.9. The summed E-state index contributed by atoms with van der Waals surface area (Å²) in [7, 11) is 0. The van der Waals surface area contributed by atoms with Crippen molar-refractivity contribution >= 4 is 17.6 Å². The van der Waals surface area contributed by atoms with E-state index in [0.29, 0.717) is 5.69 Å². The summed E-state index contributed by atoms with van der Waals surface area (Å²) in [6, 6.07) is 5.81.